The number of nitrogen functional groups attached to an aromatic ring is 1. The van der Waals surface area contributed by atoms with E-state index in [4.69, 9.17) is 19.9 Å². The van der Waals surface area contributed by atoms with Crippen LogP contribution in [0.25, 0.3) is 11.2 Å². The first-order valence-corrected chi connectivity index (χ1v) is 9.14. The number of nitrogens with two attached hydrogens (primary N) is 1. The van der Waals surface area contributed by atoms with Crippen molar-refractivity contribution < 1.29 is 24.4 Å². The Hall–Kier alpha value is -2.31. The number of aliphatic hydroxyl groups excluding tert-OH is 2. The first-order chi connectivity index (χ1) is 13.6. The number of nitrogens with zero attached hydrogens (tertiary/aromatic N) is 4. The van der Waals surface area contributed by atoms with Crippen molar-refractivity contribution in [3.8, 4) is 0 Å². The van der Waals surface area contributed by atoms with Gasteiger partial charge >= 0.3 is 0 Å². The SMILES string of the molecule is C=CCNc1nc2c(N)ncnc2n1[C@@H]1O[C@H](CO[C@@H]2CCOC2)[C@@H](O)[C@H]1O. The van der Waals surface area contributed by atoms with Gasteiger partial charge in [-0.05, 0) is 6.42 Å². The summed E-state index contributed by atoms with van der Waals surface area (Å²) in [5.74, 6) is 0.587. The van der Waals surface area contributed by atoms with Gasteiger partial charge in [0.1, 0.15) is 24.6 Å². The van der Waals surface area contributed by atoms with E-state index in [0.29, 0.717) is 36.9 Å². The smallest absolute Gasteiger partial charge is 0.207 e. The van der Waals surface area contributed by atoms with Crippen molar-refractivity contribution in [1.82, 2.24) is 19.5 Å². The molecule has 5 N–H and O–H groups in total. The van der Waals surface area contributed by atoms with Crippen molar-refractivity contribution in [2.24, 2.45) is 0 Å². The highest BCUT2D eigenvalue weighted by molar-refractivity contribution is 5.84. The highest BCUT2D eigenvalue weighted by Crippen LogP contribution is 2.35. The van der Waals surface area contributed by atoms with Crippen LogP contribution in [0.3, 0.4) is 0 Å². The van der Waals surface area contributed by atoms with Gasteiger partial charge in [0.05, 0.1) is 19.3 Å². The predicted molar refractivity (Wildman–Crippen MR) is 99.5 cm³/mol. The van der Waals surface area contributed by atoms with Gasteiger partial charge in [-0.3, -0.25) is 4.57 Å². The summed E-state index contributed by atoms with van der Waals surface area (Å²) < 4.78 is 18.6. The van der Waals surface area contributed by atoms with Gasteiger partial charge in [0.25, 0.3) is 0 Å². The molecule has 2 fully saturated rings. The summed E-state index contributed by atoms with van der Waals surface area (Å²) in [5.41, 5.74) is 6.68. The summed E-state index contributed by atoms with van der Waals surface area (Å²) in [6.45, 7) is 5.42. The standard InChI is InChI=1S/C17H24N6O5/c1-2-4-19-17-22-11-14(18)20-8-21-15(11)23(17)16-13(25)12(24)10(28-16)7-27-9-3-5-26-6-9/h2,8-10,12-13,16,24-25H,1,3-7H2,(H,19,22)(H2,18,20,21)/t9-,10-,12-,13-,16-/m1/s1. The lowest BCUT2D eigenvalue weighted by atomic mass is 10.1. The third-order valence-electron chi connectivity index (χ3n) is 4.89. The minimum atomic E-state index is -1.20. The van der Waals surface area contributed by atoms with Crippen molar-refractivity contribution in [3.63, 3.8) is 0 Å². The lowest BCUT2D eigenvalue weighted by Gasteiger charge is -2.19. The maximum absolute atomic E-state index is 10.6. The number of aromatic nitrogens is 4. The summed E-state index contributed by atoms with van der Waals surface area (Å²) in [4.78, 5) is 12.6. The van der Waals surface area contributed by atoms with E-state index in [1.54, 1.807) is 10.6 Å². The molecule has 11 nitrogen and oxygen atoms in total. The van der Waals surface area contributed by atoms with E-state index in [1.165, 1.54) is 6.33 Å². The van der Waals surface area contributed by atoms with Crippen molar-refractivity contribution in [2.75, 3.05) is 37.4 Å². The summed E-state index contributed by atoms with van der Waals surface area (Å²) in [5, 5.41) is 24.2. The summed E-state index contributed by atoms with van der Waals surface area (Å²) >= 11 is 0. The number of nitrogens with one attached hydrogen (secondary N) is 1. The van der Waals surface area contributed by atoms with E-state index in [2.05, 4.69) is 26.8 Å². The van der Waals surface area contributed by atoms with Crippen LogP contribution < -0.4 is 11.1 Å². The van der Waals surface area contributed by atoms with Crippen molar-refractivity contribution in [1.29, 1.82) is 0 Å². The Morgan fingerprint density at radius 1 is 1.39 bits per heavy atom. The van der Waals surface area contributed by atoms with E-state index in [1.807, 2.05) is 0 Å². The molecule has 2 saturated heterocycles. The summed E-state index contributed by atoms with van der Waals surface area (Å²) in [7, 11) is 0. The molecule has 4 rings (SSSR count). The zero-order valence-electron chi connectivity index (χ0n) is 15.3. The number of aliphatic hydroxyl groups is 2. The Labute approximate surface area is 161 Å². The second kappa shape index (κ2) is 7.97. The molecule has 0 saturated carbocycles. The molecule has 0 spiro atoms. The van der Waals surface area contributed by atoms with Gasteiger partial charge in [0.2, 0.25) is 5.95 Å². The average Bonchev–Trinajstić information content (AvgIpc) is 3.39. The number of rotatable bonds is 7. The van der Waals surface area contributed by atoms with E-state index in [-0.39, 0.29) is 18.5 Å². The van der Waals surface area contributed by atoms with Crippen LogP contribution in [-0.4, -0.2) is 80.5 Å². The van der Waals surface area contributed by atoms with Crippen LogP contribution in [0.5, 0.6) is 0 Å². The molecule has 0 radical (unpaired) electrons. The van der Waals surface area contributed by atoms with Gasteiger partial charge in [-0.2, -0.15) is 0 Å². The van der Waals surface area contributed by atoms with Gasteiger partial charge in [0.15, 0.2) is 23.2 Å². The fourth-order valence-corrected chi connectivity index (χ4v) is 3.41. The molecule has 28 heavy (non-hydrogen) atoms. The quantitative estimate of drug-likeness (QED) is 0.451. The third-order valence-corrected chi connectivity index (χ3v) is 4.89. The topological polar surface area (TPSA) is 150 Å². The van der Waals surface area contributed by atoms with E-state index >= 15 is 0 Å². The predicted octanol–water partition coefficient (Wildman–Crippen LogP) is -0.569. The monoisotopic (exact) mass is 392 g/mol. The van der Waals surface area contributed by atoms with E-state index < -0.39 is 24.5 Å². The Morgan fingerprint density at radius 3 is 3.00 bits per heavy atom. The number of ether oxygens (including phenoxy) is 3. The van der Waals surface area contributed by atoms with Crippen LogP contribution in [0.4, 0.5) is 11.8 Å². The van der Waals surface area contributed by atoms with Crippen LogP contribution in [0.2, 0.25) is 0 Å². The minimum absolute atomic E-state index is 0.0292. The molecule has 0 aliphatic carbocycles. The molecular weight excluding hydrogens is 368 g/mol. The second-order valence-electron chi connectivity index (χ2n) is 6.77. The molecule has 2 aromatic rings. The number of hydrogen-bond acceptors (Lipinski definition) is 10. The lowest BCUT2D eigenvalue weighted by molar-refractivity contribution is -0.0804. The van der Waals surface area contributed by atoms with Crippen molar-refractivity contribution in [2.45, 2.75) is 37.1 Å². The second-order valence-corrected chi connectivity index (χ2v) is 6.77. The van der Waals surface area contributed by atoms with Gasteiger partial charge in [-0.1, -0.05) is 6.08 Å². The first-order valence-electron chi connectivity index (χ1n) is 9.14. The zero-order valence-corrected chi connectivity index (χ0v) is 15.3. The molecule has 2 aliphatic heterocycles. The molecule has 2 aliphatic rings. The van der Waals surface area contributed by atoms with Gasteiger partial charge in [-0.25, -0.2) is 15.0 Å². The van der Waals surface area contributed by atoms with Crippen LogP contribution in [0.15, 0.2) is 19.0 Å². The molecule has 4 heterocycles. The number of fused-ring (bicyclic) bond motifs is 1. The van der Waals surface area contributed by atoms with Crippen LogP contribution in [0.1, 0.15) is 12.6 Å². The maximum Gasteiger partial charge on any atom is 0.207 e. The fourth-order valence-electron chi connectivity index (χ4n) is 3.41. The normalized spacial score (nSPS) is 30.1. The molecule has 0 amide bonds. The molecule has 152 valence electrons. The molecule has 5 atom stereocenters. The highest BCUT2D eigenvalue weighted by atomic mass is 16.6. The minimum Gasteiger partial charge on any atom is -0.387 e. The molecule has 0 bridgehead atoms. The van der Waals surface area contributed by atoms with Crippen LogP contribution in [0, 0.1) is 0 Å². The summed E-state index contributed by atoms with van der Waals surface area (Å²) in [6, 6.07) is 0. The number of anilines is 2. The lowest BCUT2D eigenvalue weighted by Crippen LogP contribution is -2.35. The van der Waals surface area contributed by atoms with Crippen molar-refractivity contribution in [3.05, 3.63) is 19.0 Å². The Kier molecular flexibility index (Phi) is 5.42. The van der Waals surface area contributed by atoms with Gasteiger partial charge in [0, 0.05) is 13.2 Å². The molecule has 0 unspecified atom stereocenters. The third kappa shape index (κ3) is 3.42. The van der Waals surface area contributed by atoms with Crippen molar-refractivity contribution >= 4 is 22.9 Å². The van der Waals surface area contributed by atoms with Crippen LogP contribution >= 0.6 is 0 Å². The zero-order chi connectivity index (χ0) is 19.7. The molecule has 2 aromatic heterocycles. The van der Waals surface area contributed by atoms with Gasteiger partial charge in [-0.15, -0.1) is 6.58 Å². The fraction of sp³-hybridized carbons (Fsp3) is 0.588. The number of hydrogen-bond donors (Lipinski definition) is 4. The summed E-state index contributed by atoms with van der Waals surface area (Å²) in [6.07, 6.45) is -0.210. The van der Waals surface area contributed by atoms with E-state index in [9.17, 15) is 10.2 Å². The maximum atomic E-state index is 10.6. The molecular formula is C17H24N6O5. The Balaban J connectivity index is 1.60. The molecule has 11 heteroatoms. The van der Waals surface area contributed by atoms with Crippen LogP contribution in [-0.2, 0) is 14.2 Å². The number of imidazole rings is 1. The average molecular weight is 392 g/mol. The Bertz CT molecular complexity index is 839. The largest absolute Gasteiger partial charge is 0.387 e. The highest BCUT2D eigenvalue weighted by Gasteiger charge is 2.45. The first kappa shape index (κ1) is 19.0. The molecule has 0 aromatic carbocycles. The van der Waals surface area contributed by atoms with E-state index in [0.717, 1.165) is 6.42 Å². The Morgan fingerprint density at radius 2 is 2.25 bits per heavy atom. The van der Waals surface area contributed by atoms with Gasteiger partial charge < -0.3 is 35.5 Å².